The first kappa shape index (κ1) is 15.7. The highest BCUT2D eigenvalue weighted by atomic mass is 16.6. The van der Waals surface area contributed by atoms with E-state index in [4.69, 9.17) is 0 Å². The van der Waals surface area contributed by atoms with Crippen LogP contribution in [0.3, 0.4) is 0 Å². The summed E-state index contributed by atoms with van der Waals surface area (Å²) in [6.45, 7) is 3.84. The van der Waals surface area contributed by atoms with Crippen LogP contribution in [0.15, 0.2) is 24.4 Å². The average Bonchev–Trinajstić information content (AvgIpc) is 2.84. The standard InChI is InChI=1S/C15H18N4O3/c1-4-13-12(9-18(3)17-13)8-16-14-6-5-11(10(2)20)7-15(14)19(21)22/h5-7,9,16H,4,8H2,1-3H3. The first-order valence-electron chi connectivity index (χ1n) is 6.97. The number of carbonyl (C=O) groups excluding carboxylic acids is 1. The molecular formula is C15H18N4O3. The van der Waals surface area contributed by atoms with E-state index in [1.165, 1.54) is 13.0 Å². The van der Waals surface area contributed by atoms with Gasteiger partial charge in [0.2, 0.25) is 0 Å². The molecule has 0 bridgehead atoms. The zero-order valence-corrected chi connectivity index (χ0v) is 12.8. The van der Waals surface area contributed by atoms with Crippen LogP contribution in [-0.2, 0) is 20.0 Å². The normalized spacial score (nSPS) is 10.5. The van der Waals surface area contributed by atoms with Crippen LogP contribution < -0.4 is 5.32 Å². The van der Waals surface area contributed by atoms with E-state index in [1.54, 1.807) is 16.8 Å². The highest BCUT2D eigenvalue weighted by Gasteiger charge is 2.16. The number of hydrogen-bond donors (Lipinski definition) is 1. The predicted octanol–water partition coefficient (Wildman–Crippen LogP) is 2.71. The SMILES string of the molecule is CCc1nn(C)cc1CNc1ccc(C(C)=O)cc1[N+](=O)[O-]. The Labute approximate surface area is 128 Å². The minimum absolute atomic E-state index is 0.102. The van der Waals surface area contributed by atoms with Crippen LogP contribution >= 0.6 is 0 Å². The first-order chi connectivity index (χ1) is 10.4. The van der Waals surface area contributed by atoms with Crippen molar-refractivity contribution in [3.8, 4) is 0 Å². The van der Waals surface area contributed by atoms with Crippen LogP contribution in [0, 0.1) is 10.1 Å². The predicted molar refractivity (Wildman–Crippen MR) is 83.0 cm³/mol. The summed E-state index contributed by atoms with van der Waals surface area (Å²) in [6.07, 6.45) is 2.69. The number of nitrogens with one attached hydrogen (secondary N) is 1. The van der Waals surface area contributed by atoms with E-state index in [9.17, 15) is 14.9 Å². The van der Waals surface area contributed by atoms with Crippen LogP contribution in [0.2, 0.25) is 0 Å². The maximum Gasteiger partial charge on any atom is 0.293 e. The third-order valence-corrected chi connectivity index (χ3v) is 3.40. The molecule has 22 heavy (non-hydrogen) atoms. The summed E-state index contributed by atoms with van der Waals surface area (Å²) in [5, 5.41) is 18.6. The third-order valence-electron chi connectivity index (χ3n) is 3.40. The molecular weight excluding hydrogens is 284 g/mol. The number of nitro benzene ring substituents is 1. The second kappa shape index (κ2) is 6.38. The van der Waals surface area contributed by atoms with Gasteiger partial charge in [-0.15, -0.1) is 0 Å². The summed E-state index contributed by atoms with van der Waals surface area (Å²) in [6, 6.07) is 4.45. The molecule has 7 nitrogen and oxygen atoms in total. The molecule has 1 N–H and O–H groups in total. The highest BCUT2D eigenvalue weighted by Crippen LogP contribution is 2.26. The van der Waals surface area contributed by atoms with Crippen LogP contribution in [0.5, 0.6) is 0 Å². The molecule has 0 amide bonds. The van der Waals surface area contributed by atoms with Crippen molar-refractivity contribution in [2.24, 2.45) is 7.05 Å². The number of carbonyl (C=O) groups is 1. The van der Waals surface area contributed by atoms with Gasteiger partial charge in [-0.3, -0.25) is 19.6 Å². The maximum absolute atomic E-state index is 11.3. The molecule has 1 aromatic carbocycles. The van der Waals surface area contributed by atoms with Gasteiger partial charge in [-0.25, -0.2) is 0 Å². The fraction of sp³-hybridized carbons (Fsp3) is 0.333. The number of nitro groups is 1. The van der Waals surface area contributed by atoms with Crippen molar-refractivity contribution >= 4 is 17.2 Å². The Kier molecular flexibility index (Phi) is 4.55. The molecule has 0 atom stereocenters. The maximum atomic E-state index is 11.3. The van der Waals surface area contributed by atoms with E-state index < -0.39 is 4.92 Å². The fourth-order valence-electron chi connectivity index (χ4n) is 2.27. The molecule has 0 fully saturated rings. The molecule has 2 rings (SSSR count). The van der Waals surface area contributed by atoms with Crippen LogP contribution in [0.25, 0.3) is 0 Å². The van der Waals surface area contributed by atoms with Gasteiger partial charge in [0.1, 0.15) is 5.69 Å². The Hall–Kier alpha value is -2.70. The lowest BCUT2D eigenvalue weighted by atomic mass is 10.1. The number of anilines is 1. The lowest BCUT2D eigenvalue weighted by Gasteiger charge is -2.08. The molecule has 0 aliphatic carbocycles. The number of hydrogen-bond acceptors (Lipinski definition) is 5. The summed E-state index contributed by atoms with van der Waals surface area (Å²) in [5.74, 6) is -0.199. The van der Waals surface area contributed by atoms with Crippen molar-refractivity contribution in [2.75, 3.05) is 5.32 Å². The van der Waals surface area contributed by atoms with Gasteiger partial charge >= 0.3 is 0 Å². The quantitative estimate of drug-likeness (QED) is 0.503. The summed E-state index contributed by atoms with van der Waals surface area (Å²) < 4.78 is 1.73. The molecule has 0 saturated carbocycles. The van der Waals surface area contributed by atoms with Crippen molar-refractivity contribution in [3.05, 3.63) is 51.3 Å². The summed E-state index contributed by atoms with van der Waals surface area (Å²) in [5.41, 5.74) is 2.57. The van der Waals surface area contributed by atoms with E-state index >= 15 is 0 Å². The minimum Gasteiger partial charge on any atom is -0.375 e. The average molecular weight is 302 g/mol. The number of aryl methyl sites for hydroxylation is 2. The Balaban J connectivity index is 2.25. The highest BCUT2D eigenvalue weighted by molar-refractivity contribution is 5.95. The van der Waals surface area contributed by atoms with Crippen molar-refractivity contribution in [1.82, 2.24) is 9.78 Å². The van der Waals surface area contributed by atoms with Crippen molar-refractivity contribution in [1.29, 1.82) is 0 Å². The second-order valence-electron chi connectivity index (χ2n) is 5.03. The van der Waals surface area contributed by atoms with E-state index in [0.717, 1.165) is 17.7 Å². The van der Waals surface area contributed by atoms with Crippen molar-refractivity contribution in [3.63, 3.8) is 0 Å². The molecule has 0 unspecified atom stereocenters. The van der Waals surface area contributed by atoms with E-state index in [2.05, 4.69) is 10.4 Å². The Morgan fingerprint density at radius 1 is 1.45 bits per heavy atom. The van der Waals surface area contributed by atoms with E-state index in [-0.39, 0.29) is 11.5 Å². The van der Waals surface area contributed by atoms with Gasteiger partial charge in [0, 0.05) is 37.0 Å². The molecule has 2 aromatic rings. The van der Waals surface area contributed by atoms with Gasteiger partial charge in [0.25, 0.3) is 5.69 Å². The minimum atomic E-state index is -0.487. The van der Waals surface area contributed by atoms with Gasteiger partial charge in [-0.05, 0) is 25.5 Å². The molecule has 116 valence electrons. The summed E-state index contributed by atoms with van der Waals surface area (Å²) in [7, 11) is 1.84. The largest absolute Gasteiger partial charge is 0.375 e. The number of nitrogens with zero attached hydrogens (tertiary/aromatic N) is 3. The van der Waals surface area contributed by atoms with Crippen molar-refractivity contribution in [2.45, 2.75) is 26.8 Å². The lowest BCUT2D eigenvalue weighted by molar-refractivity contribution is -0.384. The van der Waals surface area contributed by atoms with E-state index in [1.807, 2.05) is 20.2 Å². The number of rotatable bonds is 6. The van der Waals surface area contributed by atoms with Gasteiger partial charge < -0.3 is 5.32 Å². The zero-order valence-electron chi connectivity index (χ0n) is 12.8. The van der Waals surface area contributed by atoms with Gasteiger partial charge in [0.05, 0.1) is 10.6 Å². The Bertz CT molecular complexity index is 722. The van der Waals surface area contributed by atoms with Crippen LogP contribution in [-0.4, -0.2) is 20.5 Å². The molecule has 0 spiro atoms. The van der Waals surface area contributed by atoms with E-state index in [0.29, 0.717) is 17.8 Å². The van der Waals surface area contributed by atoms with Gasteiger partial charge in [0.15, 0.2) is 5.78 Å². The topological polar surface area (TPSA) is 90.1 Å². The summed E-state index contributed by atoms with van der Waals surface area (Å²) in [4.78, 5) is 22.0. The number of benzene rings is 1. The molecule has 1 heterocycles. The summed E-state index contributed by atoms with van der Waals surface area (Å²) >= 11 is 0. The second-order valence-corrected chi connectivity index (χ2v) is 5.03. The Morgan fingerprint density at radius 2 is 2.18 bits per heavy atom. The lowest BCUT2D eigenvalue weighted by Crippen LogP contribution is -2.05. The number of aromatic nitrogens is 2. The Morgan fingerprint density at radius 3 is 2.77 bits per heavy atom. The molecule has 0 radical (unpaired) electrons. The third kappa shape index (κ3) is 3.30. The van der Waals surface area contributed by atoms with Gasteiger partial charge in [-0.1, -0.05) is 6.92 Å². The molecule has 1 aromatic heterocycles. The molecule has 7 heteroatoms. The molecule has 0 aliphatic heterocycles. The zero-order chi connectivity index (χ0) is 16.3. The number of Topliss-reactive ketones (excluding diaryl/α,β-unsaturated/α-hetero) is 1. The van der Waals surface area contributed by atoms with Crippen LogP contribution in [0.1, 0.15) is 35.5 Å². The fourth-order valence-corrected chi connectivity index (χ4v) is 2.27. The first-order valence-corrected chi connectivity index (χ1v) is 6.97. The van der Waals surface area contributed by atoms with Crippen LogP contribution in [0.4, 0.5) is 11.4 Å². The number of ketones is 1. The smallest absolute Gasteiger partial charge is 0.293 e. The molecule has 0 saturated heterocycles. The van der Waals surface area contributed by atoms with Crippen molar-refractivity contribution < 1.29 is 9.72 Å². The monoisotopic (exact) mass is 302 g/mol. The molecule has 0 aliphatic rings. The van der Waals surface area contributed by atoms with Gasteiger partial charge in [-0.2, -0.15) is 5.10 Å².